The normalized spacial score (nSPS) is 11.8. The van der Waals surface area contributed by atoms with Gasteiger partial charge in [-0.3, -0.25) is 5.32 Å². The van der Waals surface area contributed by atoms with Crippen molar-refractivity contribution in [3.8, 4) is 6.07 Å². The van der Waals surface area contributed by atoms with Crippen LogP contribution >= 0.6 is 31.9 Å². The highest BCUT2D eigenvalue weighted by molar-refractivity contribution is 9.13. The average molecular weight is 330 g/mol. The molecule has 4 heteroatoms. The predicted octanol–water partition coefficient (Wildman–Crippen LogP) is 3.55. The number of rotatable bonds is 4. The molecule has 15 heavy (non-hydrogen) atoms. The fourth-order valence-corrected chi connectivity index (χ4v) is 1.77. The lowest BCUT2D eigenvalue weighted by Gasteiger charge is -2.10. The van der Waals surface area contributed by atoms with Gasteiger partial charge in [-0.15, -0.1) is 6.58 Å². The minimum atomic E-state index is -0.299. The molecule has 0 spiro atoms. The SMILES string of the molecule is C=CCNC(C#N)c1ccc(Br)c(Br)c1. The second kappa shape index (κ2) is 6.06. The van der Waals surface area contributed by atoms with E-state index in [1.165, 1.54) is 0 Å². The van der Waals surface area contributed by atoms with Gasteiger partial charge in [0.1, 0.15) is 6.04 Å². The third-order valence-electron chi connectivity index (χ3n) is 1.87. The highest BCUT2D eigenvalue weighted by Crippen LogP contribution is 2.26. The molecular weight excluding hydrogens is 320 g/mol. The molecule has 0 aromatic heterocycles. The number of hydrogen-bond donors (Lipinski definition) is 1. The van der Waals surface area contributed by atoms with Crippen molar-refractivity contribution >= 4 is 31.9 Å². The molecule has 0 aliphatic rings. The Morgan fingerprint density at radius 3 is 2.73 bits per heavy atom. The fraction of sp³-hybridized carbons (Fsp3) is 0.182. The Labute approximate surface area is 106 Å². The summed E-state index contributed by atoms with van der Waals surface area (Å²) in [6, 6.07) is 7.66. The van der Waals surface area contributed by atoms with Crippen LogP contribution in [0.3, 0.4) is 0 Å². The first kappa shape index (κ1) is 12.4. The van der Waals surface area contributed by atoms with Crippen molar-refractivity contribution in [3.63, 3.8) is 0 Å². The standard InChI is InChI=1S/C11H10Br2N2/c1-2-5-15-11(7-14)8-3-4-9(12)10(13)6-8/h2-4,6,11,15H,1,5H2. The average Bonchev–Trinajstić information content (AvgIpc) is 2.24. The molecule has 1 rings (SSSR count). The van der Waals surface area contributed by atoms with E-state index in [0.29, 0.717) is 6.54 Å². The molecule has 0 aliphatic carbocycles. The topological polar surface area (TPSA) is 35.8 Å². The summed E-state index contributed by atoms with van der Waals surface area (Å²) < 4.78 is 1.92. The van der Waals surface area contributed by atoms with Crippen molar-refractivity contribution in [2.45, 2.75) is 6.04 Å². The van der Waals surface area contributed by atoms with Crippen LogP contribution < -0.4 is 5.32 Å². The van der Waals surface area contributed by atoms with Crippen LogP contribution in [0, 0.1) is 11.3 Å². The first-order chi connectivity index (χ1) is 7.19. The van der Waals surface area contributed by atoms with Gasteiger partial charge >= 0.3 is 0 Å². The Bertz CT molecular complexity index is 396. The molecule has 0 saturated carbocycles. The first-order valence-electron chi connectivity index (χ1n) is 4.38. The monoisotopic (exact) mass is 328 g/mol. The maximum atomic E-state index is 8.99. The minimum Gasteiger partial charge on any atom is -0.295 e. The van der Waals surface area contributed by atoms with Crippen molar-refractivity contribution in [2.75, 3.05) is 6.54 Å². The van der Waals surface area contributed by atoms with E-state index in [2.05, 4.69) is 49.8 Å². The van der Waals surface area contributed by atoms with E-state index in [0.717, 1.165) is 14.5 Å². The molecule has 0 heterocycles. The Morgan fingerprint density at radius 1 is 1.47 bits per heavy atom. The van der Waals surface area contributed by atoms with E-state index in [4.69, 9.17) is 5.26 Å². The summed E-state index contributed by atoms with van der Waals surface area (Å²) in [5, 5.41) is 12.1. The quantitative estimate of drug-likeness (QED) is 0.857. The molecule has 0 amide bonds. The van der Waals surface area contributed by atoms with E-state index in [1.807, 2.05) is 18.2 Å². The highest BCUT2D eigenvalue weighted by atomic mass is 79.9. The number of nitrogens with zero attached hydrogens (tertiary/aromatic N) is 1. The Balaban J connectivity index is 2.88. The Kier molecular flexibility index (Phi) is 5.03. The van der Waals surface area contributed by atoms with E-state index < -0.39 is 0 Å². The first-order valence-corrected chi connectivity index (χ1v) is 5.96. The van der Waals surface area contributed by atoms with Crippen LogP contribution in [0.25, 0.3) is 0 Å². The molecule has 0 aliphatic heterocycles. The van der Waals surface area contributed by atoms with Gasteiger partial charge in [0, 0.05) is 15.5 Å². The maximum absolute atomic E-state index is 8.99. The smallest absolute Gasteiger partial charge is 0.121 e. The summed E-state index contributed by atoms with van der Waals surface area (Å²) in [5.74, 6) is 0. The van der Waals surface area contributed by atoms with Crippen molar-refractivity contribution in [1.29, 1.82) is 5.26 Å². The Hall–Kier alpha value is -0.630. The molecule has 1 aromatic rings. The molecule has 1 N–H and O–H groups in total. The molecule has 1 aromatic carbocycles. The number of benzene rings is 1. The molecule has 1 atom stereocenters. The van der Waals surface area contributed by atoms with Crippen LogP contribution in [0.15, 0.2) is 39.8 Å². The zero-order chi connectivity index (χ0) is 11.3. The van der Waals surface area contributed by atoms with Gasteiger partial charge in [0.2, 0.25) is 0 Å². The summed E-state index contributed by atoms with van der Waals surface area (Å²) in [6.07, 6.45) is 1.73. The van der Waals surface area contributed by atoms with Crippen LogP contribution in [0.1, 0.15) is 11.6 Å². The molecule has 2 nitrogen and oxygen atoms in total. The third-order valence-corrected chi connectivity index (χ3v) is 3.75. The lowest BCUT2D eigenvalue weighted by atomic mass is 10.1. The summed E-state index contributed by atoms with van der Waals surface area (Å²) in [4.78, 5) is 0. The van der Waals surface area contributed by atoms with Gasteiger partial charge in [0.15, 0.2) is 0 Å². The van der Waals surface area contributed by atoms with Gasteiger partial charge in [0.25, 0.3) is 0 Å². The minimum absolute atomic E-state index is 0.299. The second-order valence-electron chi connectivity index (χ2n) is 2.93. The summed E-state index contributed by atoms with van der Waals surface area (Å²) in [7, 11) is 0. The van der Waals surface area contributed by atoms with Crippen LogP contribution in [-0.2, 0) is 0 Å². The lowest BCUT2D eigenvalue weighted by Crippen LogP contribution is -2.19. The summed E-state index contributed by atoms with van der Waals surface area (Å²) in [5.41, 5.74) is 0.939. The van der Waals surface area contributed by atoms with E-state index in [9.17, 15) is 0 Å². The molecule has 0 bridgehead atoms. The van der Waals surface area contributed by atoms with E-state index in [1.54, 1.807) is 6.08 Å². The van der Waals surface area contributed by atoms with Crippen LogP contribution in [0.4, 0.5) is 0 Å². The number of halogens is 2. The van der Waals surface area contributed by atoms with Gasteiger partial charge < -0.3 is 0 Å². The molecule has 0 fully saturated rings. The van der Waals surface area contributed by atoms with Gasteiger partial charge in [-0.25, -0.2) is 0 Å². The molecule has 0 saturated heterocycles. The maximum Gasteiger partial charge on any atom is 0.121 e. The number of hydrogen-bond acceptors (Lipinski definition) is 2. The second-order valence-corrected chi connectivity index (χ2v) is 4.64. The van der Waals surface area contributed by atoms with Gasteiger partial charge in [-0.05, 0) is 49.6 Å². The highest BCUT2D eigenvalue weighted by Gasteiger charge is 2.09. The van der Waals surface area contributed by atoms with E-state index >= 15 is 0 Å². The lowest BCUT2D eigenvalue weighted by molar-refractivity contribution is 0.683. The Morgan fingerprint density at radius 2 is 2.20 bits per heavy atom. The fourth-order valence-electron chi connectivity index (χ4n) is 1.13. The third kappa shape index (κ3) is 3.45. The van der Waals surface area contributed by atoms with Crippen LogP contribution in [-0.4, -0.2) is 6.54 Å². The molecule has 0 radical (unpaired) electrons. The van der Waals surface area contributed by atoms with E-state index in [-0.39, 0.29) is 6.04 Å². The van der Waals surface area contributed by atoms with Crippen molar-refractivity contribution in [1.82, 2.24) is 5.32 Å². The zero-order valence-corrected chi connectivity index (χ0v) is 11.2. The van der Waals surface area contributed by atoms with Crippen molar-refractivity contribution < 1.29 is 0 Å². The van der Waals surface area contributed by atoms with Crippen molar-refractivity contribution in [2.24, 2.45) is 0 Å². The van der Waals surface area contributed by atoms with Crippen molar-refractivity contribution in [3.05, 3.63) is 45.4 Å². The van der Waals surface area contributed by atoms with Gasteiger partial charge in [-0.1, -0.05) is 12.1 Å². The predicted molar refractivity (Wildman–Crippen MR) is 68.4 cm³/mol. The zero-order valence-electron chi connectivity index (χ0n) is 8.00. The molecular formula is C11H10Br2N2. The molecule has 78 valence electrons. The largest absolute Gasteiger partial charge is 0.295 e. The number of nitrogens with one attached hydrogen (secondary N) is 1. The van der Waals surface area contributed by atoms with Crippen LogP contribution in [0.2, 0.25) is 0 Å². The summed E-state index contributed by atoms with van der Waals surface area (Å²) in [6.45, 7) is 4.22. The molecule has 1 unspecified atom stereocenters. The van der Waals surface area contributed by atoms with Crippen LogP contribution in [0.5, 0.6) is 0 Å². The van der Waals surface area contributed by atoms with Gasteiger partial charge in [-0.2, -0.15) is 5.26 Å². The van der Waals surface area contributed by atoms with Gasteiger partial charge in [0.05, 0.1) is 6.07 Å². The number of nitriles is 1. The summed E-state index contributed by atoms with van der Waals surface area (Å²) >= 11 is 6.79.